The van der Waals surface area contributed by atoms with Gasteiger partial charge in [-0.2, -0.15) is 0 Å². The highest BCUT2D eigenvalue weighted by atomic mass is 35.7. The molecule has 0 saturated carbocycles. The molecule has 0 aliphatic heterocycles. The minimum Gasteiger partial charge on any atom is -0.345 e. The van der Waals surface area contributed by atoms with Gasteiger partial charge in [0.25, 0.3) is 15.0 Å². The van der Waals surface area contributed by atoms with Crippen molar-refractivity contribution in [3.63, 3.8) is 0 Å². The van der Waals surface area contributed by atoms with E-state index in [0.717, 1.165) is 0 Å². The van der Waals surface area contributed by atoms with Crippen molar-refractivity contribution < 1.29 is 13.2 Å². The molecule has 1 rings (SSSR count). The average Bonchev–Trinajstić information content (AvgIpc) is 2.15. The van der Waals surface area contributed by atoms with Crippen LogP contribution >= 0.6 is 10.7 Å². The van der Waals surface area contributed by atoms with Crippen LogP contribution in [-0.2, 0) is 9.05 Å². The van der Waals surface area contributed by atoms with Gasteiger partial charge >= 0.3 is 0 Å². The van der Waals surface area contributed by atoms with Gasteiger partial charge in [0.1, 0.15) is 0 Å². The monoisotopic (exact) mass is 248 g/mol. The number of halogens is 1. The number of nitrogens with zero attached hydrogens (tertiary/aromatic N) is 2. The first kappa shape index (κ1) is 11.9. The molecule has 0 unspecified atom stereocenters. The van der Waals surface area contributed by atoms with E-state index in [9.17, 15) is 13.2 Å². The Morgan fingerprint density at radius 3 is 2.33 bits per heavy atom. The fourth-order valence-corrected chi connectivity index (χ4v) is 1.59. The Hall–Kier alpha value is -1.14. The van der Waals surface area contributed by atoms with E-state index in [1.165, 1.54) is 23.2 Å². The van der Waals surface area contributed by atoms with E-state index in [4.69, 9.17) is 10.7 Å². The second-order valence-corrected chi connectivity index (χ2v) is 5.54. The molecule has 0 saturated heterocycles. The molecule has 5 nitrogen and oxygen atoms in total. The summed E-state index contributed by atoms with van der Waals surface area (Å²) in [5, 5.41) is -0.264. The predicted octanol–water partition coefficient (Wildman–Crippen LogP) is 0.711. The quantitative estimate of drug-likeness (QED) is 0.723. The van der Waals surface area contributed by atoms with Crippen molar-refractivity contribution >= 4 is 25.6 Å². The molecule has 1 aromatic rings. The molecular weight excluding hydrogens is 240 g/mol. The van der Waals surface area contributed by atoms with E-state index in [1.54, 1.807) is 14.1 Å². The molecular formula is C8H9ClN2O3S. The minimum atomic E-state index is -3.83. The van der Waals surface area contributed by atoms with Crippen molar-refractivity contribution in [3.05, 3.63) is 23.9 Å². The van der Waals surface area contributed by atoms with Crippen molar-refractivity contribution in [2.24, 2.45) is 0 Å². The van der Waals surface area contributed by atoms with Crippen molar-refractivity contribution in [2.45, 2.75) is 5.03 Å². The molecule has 0 N–H and O–H groups in total. The molecule has 0 spiro atoms. The van der Waals surface area contributed by atoms with Crippen LogP contribution in [0.1, 0.15) is 10.4 Å². The fraction of sp³-hybridized carbons (Fsp3) is 0.250. The molecule has 0 aromatic carbocycles. The van der Waals surface area contributed by atoms with Gasteiger partial charge in [0, 0.05) is 31.0 Å². The van der Waals surface area contributed by atoms with Crippen molar-refractivity contribution in [1.82, 2.24) is 9.88 Å². The molecule has 0 bridgehead atoms. The molecule has 0 radical (unpaired) electrons. The zero-order valence-corrected chi connectivity index (χ0v) is 9.71. The number of pyridine rings is 1. The first-order valence-electron chi connectivity index (χ1n) is 3.95. The average molecular weight is 249 g/mol. The van der Waals surface area contributed by atoms with Gasteiger partial charge in [0.2, 0.25) is 0 Å². The Balaban J connectivity index is 3.06. The van der Waals surface area contributed by atoms with E-state index < -0.39 is 9.05 Å². The lowest BCUT2D eigenvalue weighted by Crippen LogP contribution is -2.21. The molecule has 7 heteroatoms. The second-order valence-electron chi connectivity index (χ2n) is 3.02. The molecule has 1 amide bonds. The fourth-order valence-electron chi connectivity index (χ4n) is 0.909. The van der Waals surface area contributed by atoms with Crippen LogP contribution in [0.2, 0.25) is 0 Å². The van der Waals surface area contributed by atoms with Crippen LogP contribution < -0.4 is 0 Å². The summed E-state index contributed by atoms with van der Waals surface area (Å²) in [6.07, 6.45) is 1.18. The van der Waals surface area contributed by atoms with Crippen LogP contribution in [0.3, 0.4) is 0 Å². The largest absolute Gasteiger partial charge is 0.345 e. The van der Waals surface area contributed by atoms with E-state index >= 15 is 0 Å². The lowest BCUT2D eigenvalue weighted by Gasteiger charge is -2.09. The summed E-state index contributed by atoms with van der Waals surface area (Å²) < 4.78 is 21.7. The highest BCUT2D eigenvalue weighted by molar-refractivity contribution is 8.13. The van der Waals surface area contributed by atoms with Gasteiger partial charge in [-0.15, -0.1) is 0 Å². The van der Waals surface area contributed by atoms with Gasteiger partial charge in [-0.25, -0.2) is 13.4 Å². The third-order valence-corrected chi connectivity index (χ3v) is 2.85. The van der Waals surface area contributed by atoms with Crippen LogP contribution in [0.4, 0.5) is 0 Å². The molecule has 82 valence electrons. The van der Waals surface area contributed by atoms with Crippen LogP contribution in [0, 0.1) is 0 Å². The normalized spacial score (nSPS) is 11.1. The number of aromatic nitrogens is 1. The van der Waals surface area contributed by atoms with Crippen molar-refractivity contribution in [2.75, 3.05) is 14.1 Å². The lowest BCUT2D eigenvalue weighted by atomic mass is 10.2. The smallest absolute Gasteiger partial charge is 0.278 e. The van der Waals surface area contributed by atoms with Crippen LogP contribution in [0.25, 0.3) is 0 Å². The first-order chi connectivity index (χ1) is 6.82. The number of carbonyl (C=O) groups is 1. The maximum Gasteiger partial charge on any atom is 0.278 e. The highest BCUT2D eigenvalue weighted by Gasteiger charge is 2.13. The summed E-state index contributed by atoms with van der Waals surface area (Å²) in [6.45, 7) is 0. The Morgan fingerprint density at radius 2 is 2.00 bits per heavy atom. The van der Waals surface area contributed by atoms with E-state index in [1.807, 2.05) is 0 Å². The summed E-state index contributed by atoms with van der Waals surface area (Å²) in [6, 6.07) is 2.56. The third-order valence-electron chi connectivity index (χ3n) is 1.64. The number of carbonyl (C=O) groups excluding carboxylic acids is 1. The van der Waals surface area contributed by atoms with Gasteiger partial charge in [-0.05, 0) is 12.1 Å². The maximum atomic E-state index is 11.4. The molecule has 0 atom stereocenters. The highest BCUT2D eigenvalue weighted by Crippen LogP contribution is 2.12. The lowest BCUT2D eigenvalue weighted by molar-refractivity contribution is 0.0827. The minimum absolute atomic E-state index is 0.249. The summed E-state index contributed by atoms with van der Waals surface area (Å²) in [5.41, 5.74) is 0.309. The Morgan fingerprint density at radius 1 is 1.40 bits per heavy atom. The van der Waals surface area contributed by atoms with E-state index in [2.05, 4.69) is 4.98 Å². The van der Waals surface area contributed by atoms with Crippen molar-refractivity contribution in [1.29, 1.82) is 0 Å². The van der Waals surface area contributed by atoms with Crippen LogP contribution in [0.5, 0.6) is 0 Å². The predicted molar refractivity (Wildman–Crippen MR) is 55.3 cm³/mol. The number of hydrogen-bond acceptors (Lipinski definition) is 4. The second kappa shape index (κ2) is 4.16. The third kappa shape index (κ3) is 2.90. The van der Waals surface area contributed by atoms with Gasteiger partial charge in [0.15, 0.2) is 5.03 Å². The number of hydrogen-bond donors (Lipinski definition) is 0. The maximum absolute atomic E-state index is 11.4. The zero-order chi connectivity index (χ0) is 11.6. The van der Waals surface area contributed by atoms with E-state index in [-0.39, 0.29) is 10.9 Å². The molecule has 1 aromatic heterocycles. The molecule has 0 aliphatic rings. The standard InChI is InChI=1S/C8H9ClN2O3S/c1-11(2)8(12)6-3-4-7(10-5-6)15(9,13)14/h3-5H,1-2H3. The van der Waals surface area contributed by atoms with Crippen molar-refractivity contribution in [3.8, 4) is 0 Å². The number of amides is 1. The molecule has 1 heterocycles. The Labute approximate surface area is 92.1 Å². The topological polar surface area (TPSA) is 67.3 Å². The van der Waals surface area contributed by atoms with Gasteiger partial charge < -0.3 is 4.90 Å². The van der Waals surface area contributed by atoms with Gasteiger partial charge in [-0.3, -0.25) is 4.79 Å². The van der Waals surface area contributed by atoms with Gasteiger partial charge in [0.05, 0.1) is 5.56 Å². The van der Waals surface area contributed by atoms with E-state index in [0.29, 0.717) is 5.56 Å². The summed E-state index contributed by atoms with van der Waals surface area (Å²) in [4.78, 5) is 16.4. The molecule has 15 heavy (non-hydrogen) atoms. The zero-order valence-electron chi connectivity index (χ0n) is 8.14. The van der Waals surface area contributed by atoms with Crippen LogP contribution in [-0.4, -0.2) is 38.3 Å². The molecule has 0 aliphatic carbocycles. The summed E-state index contributed by atoms with van der Waals surface area (Å²) in [5.74, 6) is -0.249. The summed E-state index contributed by atoms with van der Waals surface area (Å²) in [7, 11) is 4.42. The molecule has 0 fully saturated rings. The van der Waals surface area contributed by atoms with Gasteiger partial charge in [-0.1, -0.05) is 0 Å². The first-order valence-corrected chi connectivity index (χ1v) is 6.25. The van der Waals surface area contributed by atoms with Crippen LogP contribution in [0.15, 0.2) is 23.4 Å². The number of rotatable bonds is 2. The SMILES string of the molecule is CN(C)C(=O)c1ccc(S(=O)(=O)Cl)nc1. The Bertz CT molecular complexity index is 467. The Kier molecular flexibility index (Phi) is 3.31. The summed E-state index contributed by atoms with van der Waals surface area (Å²) >= 11 is 0.